The summed E-state index contributed by atoms with van der Waals surface area (Å²) < 4.78 is 8.88. The van der Waals surface area contributed by atoms with Crippen molar-refractivity contribution in [3.63, 3.8) is 0 Å². The zero-order valence-corrected chi connectivity index (χ0v) is 10.7. The molecule has 1 heterocycles. The second-order valence-electron chi connectivity index (χ2n) is 3.88. The van der Waals surface area contributed by atoms with Gasteiger partial charge < -0.3 is 25.0 Å². The number of nitrogens with one attached hydrogen (secondary N) is 1. The molecule has 3 atom stereocenters. The first-order valence-electron chi connectivity index (χ1n) is 5.66. The molecule has 6 heteroatoms. The minimum Gasteiger partial charge on any atom is -0.368 e. The zero-order valence-electron chi connectivity index (χ0n) is 10.7. The van der Waals surface area contributed by atoms with Gasteiger partial charge in [-0.25, -0.2) is 0 Å². The van der Waals surface area contributed by atoms with Crippen molar-refractivity contribution < 1.29 is 24.5 Å². The Balaban J connectivity index is 0.000000302. The van der Waals surface area contributed by atoms with Crippen molar-refractivity contribution in [3.8, 4) is 0 Å². The Bertz CT molecular complexity index is 198. The normalized spacial score (nSPS) is 22.5. The molecule has 1 saturated heterocycles. The molecule has 0 aromatic heterocycles. The first kappa shape index (κ1) is 16.5. The summed E-state index contributed by atoms with van der Waals surface area (Å²) in [6, 6.07) is 0.176. The molecule has 0 amide bonds. The van der Waals surface area contributed by atoms with Gasteiger partial charge in [0.2, 0.25) is 0 Å². The molecular formula is C11H23NO5. The molecule has 0 aliphatic carbocycles. The van der Waals surface area contributed by atoms with Gasteiger partial charge in [-0.2, -0.15) is 0 Å². The Morgan fingerprint density at radius 2 is 1.88 bits per heavy atom. The minimum absolute atomic E-state index is 0.0764. The number of ketones is 1. The van der Waals surface area contributed by atoms with Crippen LogP contribution >= 0.6 is 0 Å². The van der Waals surface area contributed by atoms with E-state index in [0.717, 1.165) is 19.4 Å². The summed E-state index contributed by atoms with van der Waals surface area (Å²) in [4.78, 5) is 10.6. The highest BCUT2D eigenvalue weighted by Crippen LogP contribution is 2.04. The predicted molar refractivity (Wildman–Crippen MR) is 62.4 cm³/mol. The maximum absolute atomic E-state index is 10.6. The first-order valence-corrected chi connectivity index (χ1v) is 5.66. The fraction of sp³-hybridized carbons (Fsp3) is 0.909. The molecule has 102 valence electrons. The molecule has 0 aromatic carbocycles. The maximum Gasteiger partial charge on any atom is 0.158 e. The van der Waals surface area contributed by atoms with Crippen molar-refractivity contribution >= 4 is 5.78 Å². The highest BCUT2D eigenvalue weighted by atomic mass is 16.6. The molecule has 3 unspecified atom stereocenters. The van der Waals surface area contributed by atoms with Gasteiger partial charge in [-0.05, 0) is 26.3 Å². The average Bonchev–Trinajstić information content (AvgIpc) is 2.83. The van der Waals surface area contributed by atoms with Crippen LogP contribution < -0.4 is 5.32 Å². The third-order valence-electron chi connectivity index (χ3n) is 2.50. The lowest BCUT2D eigenvalue weighted by atomic mass is 10.2. The fourth-order valence-electron chi connectivity index (χ4n) is 1.40. The Morgan fingerprint density at radius 1 is 1.35 bits per heavy atom. The number of aliphatic hydroxyl groups is 2. The Kier molecular flexibility index (Phi) is 9.20. The molecule has 3 N–H and O–H groups in total. The number of ether oxygens (including phenoxy) is 2. The van der Waals surface area contributed by atoms with Crippen LogP contribution in [-0.4, -0.2) is 55.4 Å². The SMILES string of the molecule is CC(=O)C1CCCN1.COC(O)CC(O)OC. The van der Waals surface area contributed by atoms with E-state index in [1.807, 2.05) is 0 Å². The van der Waals surface area contributed by atoms with E-state index >= 15 is 0 Å². The smallest absolute Gasteiger partial charge is 0.158 e. The van der Waals surface area contributed by atoms with Crippen molar-refractivity contribution in [1.82, 2.24) is 5.32 Å². The quantitative estimate of drug-likeness (QED) is 0.576. The van der Waals surface area contributed by atoms with Gasteiger partial charge in [-0.1, -0.05) is 0 Å². The van der Waals surface area contributed by atoms with Crippen LogP contribution in [0.5, 0.6) is 0 Å². The maximum atomic E-state index is 10.6. The third kappa shape index (κ3) is 8.23. The number of hydrogen-bond acceptors (Lipinski definition) is 6. The molecule has 1 aliphatic rings. The molecule has 1 fully saturated rings. The lowest BCUT2D eigenvalue weighted by Crippen LogP contribution is -2.28. The molecule has 0 aromatic rings. The van der Waals surface area contributed by atoms with Crippen LogP contribution in [0, 0.1) is 0 Å². The number of carbonyl (C=O) groups excluding carboxylic acids is 1. The predicted octanol–water partition coefficient (Wildman–Crippen LogP) is -0.367. The van der Waals surface area contributed by atoms with Gasteiger partial charge in [-0.3, -0.25) is 4.79 Å². The molecule has 1 aliphatic heterocycles. The minimum atomic E-state index is -0.944. The standard InChI is InChI=1S/C6H11NO.C5H12O4/c1-5(8)6-3-2-4-7-6;1-8-4(6)3-5(7)9-2/h6-7H,2-4H2,1H3;4-7H,3H2,1-2H3. The highest BCUT2D eigenvalue weighted by molar-refractivity contribution is 5.81. The number of hydrogen-bond donors (Lipinski definition) is 3. The lowest BCUT2D eigenvalue weighted by Gasteiger charge is -2.11. The van der Waals surface area contributed by atoms with Gasteiger partial charge >= 0.3 is 0 Å². The molecule has 0 spiro atoms. The Labute approximate surface area is 102 Å². The van der Waals surface area contributed by atoms with Crippen LogP contribution in [-0.2, 0) is 14.3 Å². The number of aliphatic hydroxyl groups excluding tert-OH is 2. The van der Waals surface area contributed by atoms with E-state index in [-0.39, 0.29) is 18.2 Å². The van der Waals surface area contributed by atoms with Crippen LogP contribution in [0.25, 0.3) is 0 Å². The lowest BCUT2D eigenvalue weighted by molar-refractivity contribution is -0.155. The topological polar surface area (TPSA) is 88.0 Å². The van der Waals surface area contributed by atoms with Crippen LogP contribution in [0.3, 0.4) is 0 Å². The van der Waals surface area contributed by atoms with E-state index in [4.69, 9.17) is 10.2 Å². The molecule has 0 bridgehead atoms. The van der Waals surface area contributed by atoms with Gasteiger partial charge in [0.1, 0.15) is 5.78 Å². The van der Waals surface area contributed by atoms with E-state index in [0.29, 0.717) is 0 Å². The van der Waals surface area contributed by atoms with E-state index in [9.17, 15) is 4.79 Å². The average molecular weight is 249 g/mol. The van der Waals surface area contributed by atoms with Crippen LogP contribution in [0.15, 0.2) is 0 Å². The molecule has 0 radical (unpaired) electrons. The van der Waals surface area contributed by atoms with Crippen molar-refractivity contribution in [2.24, 2.45) is 0 Å². The third-order valence-corrected chi connectivity index (χ3v) is 2.50. The van der Waals surface area contributed by atoms with Crippen molar-refractivity contribution in [1.29, 1.82) is 0 Å². The van der Waals surface area contributed by atoms with Gasteiger partial charge in [0.25, 0.3) is 0 Å². The molecular weight excluding hydrogens is 226 g/mol. The summed E-state index contributed by atoms with van der Waals surface area (Å²) >= 11 is 0. The summed E-state index contributed by atoms with van der Waals surface area (Å²) in [5.41, 5.74) is 0. The van der Waals surface area contributed by atoms with E-state index in [1.54, 1.807) is 6.92 Å². The summed E-state index contributed by atoms with van der Waals surface area (Å²) in [7, 11) is 2.71. The number of Topliss-reactive ketones (excluding diaryl/α,β-unsaturated/α-hetero) is 1. The van der Waals surface area contributed by atoms with Gasteiger partial charge in [0.05, 0.1) is 6.04 Å². The summed E-state index contributed by atoms with van der Waals surface area (Å²) in [6.45, 7) is 2.66. The number of methoxy groups -OCH3 is 2. The van der Waals surface area contributed by atoms with Crippen LogP contribution in [0.4, 0.5) is 0 Å². The molecule has 6 nitrogen and oxygen atoms in total. The Hall–Kier alpha value is -0.530. The van der Waals surface area contributed by atoms with Crippen LogP contribution in [0.1, 0.15) is 26.2 Å². The zero-order chi connectivity index (χ0) is 13.3. The van der Waals surface area contributed by atoms with Crippen molar-refractivity contribution in [2.45, 2.75) is 44.8 Å². The summed E-state index contributed by atoms with van der Waals surface area (Å²) in [5, 5.41) is 20.5. The fourth-order valence-corrected chi connectivity index (χ4v) is 1.40. The van der Waals surface area contributed by atoms with Crippen molar-refractivity contribution in [2.75, 3.05) is 20.8 Å². The van der Waals surface area contributed by atoms with Gasteiger partial charge in [0.15, 0.2) is 12.6 Å². The van der Waals surface area contributed by atoms with Crippen molar-refractivity contribution in [3.05, 3.63) is 0 Å². The monoisotopic (exact) mass is 249 g/mol. The number of rotatable bonds is 5. The summed E-state index contributed by atoms with van der Waals surface area (Å²) in [6.07, 6.45) is 0.381. The molecule has 0 saturated carbocycles. The van der Waals surface area contributed by atoms with E-state index in [1.165, 1.54) is 14.2 Å². The molecule has 17 heavy (non-hydrogen) atoms. The summed E-state index contributed by atoms with van der Waals surface area (Å²) in [5.74, 6) is 0.280. The first-order chi connectivity index (χ1) is 8.01. The second-order valence-corrected chi connectivity index (χ2v) is 3.88. The largest absolute Gasteiger partial charge is 0.368 e. The molecule has 1 rings (SSSR count). The van der Waals surface area contributed by atoms with Gasteiger partial charge in [-0.15, -0.1) is 0 Å². The Morgan fingerprint density at radius 3 is 2.12 bits per heavy atom. The van der Waals surface area contributed by atoms with Gasteiger partial charge in [0, 0.05) is 20.6 Å². The number of carbonyl (C=O) groups is 1. The highest BCUT2D eigenvalue weighted by Gasteiger charge is 2.17. The second kappa shape index (κ2) is 9.49. The van der Waals surface area contributed by atoms with Crippen LogP contribution in [0.2, 0.25) is 0 Å². The van der Waals surface area contributed by atoms with E-state index in [2.05, 4.69) is 14.8 Å². The van der Waals surface area contributed by atoms with E-state index < -0.39 is 12.6 Å².